The highest BCUT2D eigenvalue weighted by molar-refractivity contribution is 7.89. The maximum absolute atomic E-state index is 11.9. The van der Waals surface area contributed by atoms with Crippen molar-refractivity contribution < 1.29 is 22.7 Å². The normalized spacial score (nSPS) is 20.8. The number of hydrogen-bond acceptors (Lipinski definition) is 5. The van der Waals surface area contributed by atoms with Crippen molar-refractivity contribution in [2.45, 2.75) is 25.3 Å². The second kappa shape index (κ2) is 6.32. The summed E-state index contributed by atoms with van der Waals surface area (Å²) in [4.78, 5) is 10.9. The molecule has 100 valence electrons. The van der Waals surface area contributed by atoms with Crippen molar-refractivity contribution >= 4 is 16.0 Å². The fraction of sp³-hybridized carbons (Fsp3) is 0.900. The SMILES string of the molecule is COC(=O)CCCS(=O)(=O)N(C)C1CCOC1. The molecular weight excluding hydrogens is 246 g/mol. The zero-order chi connectivity index (χ0) is 12.9. The fourth-order valence-corrected chi connectivity index (χ4v) is 3.10. The number of esters is 1. The van der Waals surface area contributed by atoms with Crippen molar-refractivity contribution in [2.24, 2.45) is 0 Å². The third-order valence-electron chi connectivity index (χ3n) is 2.87. The van der Waals surface area contributed by atoms with Gasteiger partial charge in [0.25, 0.3) is 0 Å². The van der Waals surface area contributed by atoms with Crippen molar-refractivity contribution in [1.29, 1.82) is 0 Å². The highest BCUT2D eigenvalue weighted by Gasteiger charge is 2.28. The number of rotatable bonds is 6. The predicted molar refractivity (Wildman–Crippen MR) is 62.0 cm³/mol. The molecule has 7 heteroatoms. The summed E-state index contributed by atoms with van der Waals surface area (Å²) in [6.07, 6.45) is 1.14. The lowest BCUT2D eigenvalue weighted by Gasteiger charge is -2.22. The molecule has 0 aliphatic carbocycles. The van der Waals surface area contributed by atoms with Gasteiger partial charge in [0.05, 0.1) is 25.5 Å². The predicted octanol–water partition coefficient (Wildman–Crippen LogP) is -0.00990. The summed E-state index contributed by atoms with van der Waals surface area (Å²) < 4.78 is 34.8. The molecule has 0 N–H and O–H groups in total. The van der Waals surface area contributed by atoms with Gasteiger partial charge in [-0.05, 0) is 12.8 Å². The molecule has 0 aromatic heterocycles. The molecule has 0 aromatic rings. The highest BCUT2D eigenvalue weighted by atomic mass is 32.2. The van der Waals surface area contributed by atoms with Gasteiger partial charge in [-0.1, -0.05) is 0 Å². The van der Waals surface area contributed by atoms with Gasteiger partial charge in [0.2, 0.25) is 10.0 Å². The van der Waals surface area contributed by atoms with Gasteiger partial charge >= 0.3 is 5.97 Å². The Morgan fingerprint density at radius 2 is 2.24 bits per heavy atom. The molecule has 1 aliphatic heterocycles. The Morgan fingerprint density at radius 3 is 2.76 bits per heavy atom. The smallest absolute Gasteiger partial charge is 0.305 e. The molecule has 1 heterocycles. The Balaban J connectivity index is 2.41. The van der Waals surface area contributed by atoms with Gasteiger partial charge < -0.3 is 9.47 Å². The van der Waals surface area contributed by atoms with E-state index in [1.807, 2.05) is 0 Å². The molecular formula is C10H19NO5S. The summed E-state index contributed by atoms with van der Waals surface area (Å²) in [5.41, 5.74) is 0. The topological polar surface area (TPSA) is 72.9 Å². The zero-order valence-electron chi connectivity index (χ0n) is 10.2. The second-order valence-corrected chi connectivity index (χ2v) is 6.18. The quantitative estimate of drug-likeness (QED) is 0.632. The van der Waals surface area contributed by atoms with E-state index in [1.54, 1.807) is 7.05 Å². The average molecular weight is 265 g/mol. The Bertz CT molecular complexity index is 348. The van der Waals surface area contributed by atoms with Gasteiger partial charge in [0, 0.05) is 20.1 Å². The molecule has 0 bridgehead atoms. The van der Waals surface area contributed by atoms with Crippen molar-refractivity contribution in [2.75, 3.05) is 33.1 Å². The van der Waals surface area contributed by atoms with Gasteiger partial charge in [-0.2, -0.15) is 4.31 Å². The lowest BCUT2D eigenvalue weighted by molar-refractivity contribution is -0.140. The number of carbonyl (C=O) groups excluding carboxylic acids is 1. The number of likely N-dealkylation sites (N-methyl/N-ethyl adjacent to an activating group) is 1. The van der Waals surface area contributed by atoms with E-state index in [4.69, 9.17) is 4.74 Å². The first-order valence-electron chi connectivity index (χ1n) is 5.57. The van der Waals surface area contributed by atoms with Crippen molar-refractivity contribution in [1.82, 2.24) is 4.31 Å². The Kier molecular flexibility index (Phi) is 5.35. The summed E-state index contributed by atoms with van der Waals surface area (Å²) in [7, 11) is -0.449. The Labute approximate surface area is 102 Å². The molecule has 0 spiro atoms. The Hall–Kier alpha value is -0.660. The molecule has 17 heavy (non-hydrogen) atoms. The zero-order valence-corrected chi connectivity index (χ0v) is 11.0. The summed E-state index contributed by atoms with van der Waals surface area (Å²) >= 11 is 0. The first-order chi connectivity index (χ1) is 7.97. The lowest BCUT2D eigenvalue weighted by Crippen LogP contribution is -2.38. The van der Waals surface area contributed by atoms with Crippen LogP contribution in [0.25, 0.3) is 0 Å². The fourth-order valence-electron chi connectivity index (χ4n) is 1.68. The van der Waals surface area contributed by atoms with Gasteiger partial charge in [0.1, 0.15) is 0 Å². The molecule has 1 fully saturated rings. The Morgan fingerprint density at radius 1 is 1.53 bits per heavy atom. The molecule has 1 rings (SSSR count). The number of methoxy groups -OCH3 is 1. The first-order valence-corrected chi connectivity index (χ1v) is 7.18. The van der Waals surface area contributed by atoms with Crippen LogP contribution in [0.4, 0.5) is 0 Å². The average Bonchev–Trinajstić information content (AvgIpc) is 2.80. The minimum absolute atomic E-state index is 0.0326. The lowest BCUT2D eigenvalue weighted by atomic mass is 10.3. The van der Waals surface area contributed by atoms with Crippen LogP contribution in [0.1, 0.15) is 19.3 Å². The molecule has 6 nitrogen and oxygen atoms in total. The third-order valence-corrected chi connectivity index (χ3v) is 4.85. The van der Waals surface area contributed by atoms with E-state index in [9.17, 15) is 13.2 Å². The van der Waals surface area contributed by atoms with E-state index in [-0.39, 0.29) is 30.6 Å². The van der Waals surface area contributed by atoms with E-state index in [0.717, 1.165) is 6.42 Å². The molecule has 1 atom stereocenters. The monoisotopic (exact) mass is 265 g/mol. The number of hydrogen-bond donors (Lipinski definition) is 0. The minimum Gasteiger partial charge on any atom is -0.469 e. The van der Waals surface area contributed by atoms with Gasteiger partial charge in [-0.3, -0.25) is 4.79 Å². The number of sulfonamides is 1. The largest absolute Gasteiger partial charge is 0.469 e. The highest BCUT2D eigenvalue weighted by Crippen LogP contribution is 2.15. The van der Waals surface area contributed by atoms with Crippen LogP contribution in [0.3, 0.4) is 0 Å². The molecule has 0 amide bonds. The van der Waals surface area contributed by atoms with E-state index in [2.05, 4.69) is 4.74 Å². The molecule has 1 aliphatic rings. The van der Waals surface area contributed by atoms with Gasteiger partial charge in [0.15, 0.2) is 0 Å². The first kappa shape index (κ1) is 14.4. The van der Waals surface area contributed by atoms with Crippen LogP contribution in [0.15, 0.2) is 0 Å². The third kappa shape index (κ3) is 4.25. The molecule has 1 saturated heterocycles. The van der Waals surface area contributed by atoms with Crippen LogP contribution in [0.5, 0.6) is 0 Å². The molecule has 0 saturated carbocycles. The standard InChI is InChI=1S/C10H19NO5S/c1-11(9-5-6-16-8-9)17(13,14)7-3-4-10(12)15-2/h9H,3-8H2,1-2H3. The minimum atomic E-state index is -3.30. The van der Waals surface area contributed by atoms with Crippen LogP contribution >= 0.6 is 0 Å². The van der Waals surface area contributed by atoms with E-state index in [0.29, 0.717) is 13.2 Å². The van der Waals surface area contributed by atoms with Crippen LogP contribution in [-0.4, -0.2) is 57.9 Å². The number of carbonyl (C=O) groups is 1. The van der Waals surface area contributed by atoms with E-state index >= 15 is 0 Å². The number of ether oxygens (including phenoxy) is 2. The summed E-state index contributed by atoms with van der Waals surface area (Å²) in [6, 6.07) is -0.0712. The van der Waals surface area contributed by atoms with Crippen LogP contribution in [0, 0.1) is 0 Å². The summed E-state index contributed by atoms with van der Waals surface area (Å²) in [5.74, 6) is -0.415. The second-order valence-electron chi connectivity index (χ2n) is 4.03. The van der Waals surface area contributed by atoms with Gasteiger partial charge in [-0.25, -0.2) is 8.42 Å². The van der Waals surface area contributed by atoms with Gasteiger partial charge in [-0.15, -0.1) is 0 Å². The van der Waals surface area contributed by atoms with Crippen molar-refractivity contribution in [3.05, 3.63) is 0 Å². The molecule has 0 radical (unpaired) electrons. The molecule has 0 aromatic carbocycles. The van der Waals surface area contributed by atoms with Crippen LogP contribution in [0.2, 0.25) is 0 Å². The van der Waals surface area contributed by atoms with E-state index < -0.39 is 10.0 Å². The summed E-state index contributed by atoms with van der Waals surface area (Å²) in [5, 5.41) is 0. The molecule has 1 unspecified atom stereocenters. The van der Waals surface area contributed by atoms with Crippen LogP contribution < -0.4 is 0 Å². The van der Waals surface area contributed by atoms with Crippen LogP contribution in [-0.2, 0) is 24.3 Å². The number of nitrogens with zero attached hydrogens (tertiary/aromatic N) is 1. The maximum Gasteiger partial charge on any atom is 0.305 e. The van der Waals surface area contributed by atoms with Crippen molar-refractivity contribution in [3.8, 4) is 0 Å². The van der Waals surface area contributed by atoms with Crippen molar-refractivity contribution in [3.63, 3.8) is 0 Å². The maximum atomic E-state index is 11.9. The van der Waals surface area contributed by atoms with E-state index in [1.165, 1.54) is 11.4 Å². The summed E-state index contributed by atoms with van der Waals surface area (Å²) in [6.45, 7) is 1.05.